The Hall–Kier alpha value is -3.22. The fourth-order valence-corrected chi connectivity index (χ4v) is 4.30. The molecule has 3 heterocycles. The summed E-state index contributed by atoms with van der Waals surface area (Å²) in [6.45, 7) is 7.07. The van der Waals surface area contributed by atoms with Crippen LogP contribution in [0.1, 0.15) is 12.5 Å². The van der Waals surface area contributed by atoms with Gasteiger partial charge in [-0.3, -0.25) is 9.69 Å². The Morgan fingerprint density at radius 1 is 0.968 bits per heavy atom. The largest absolute Gasteiger partial charge is 0.333 e. The van der Waals surface area contributed by atoms with Crippen LogP contribution in [0.3, 0.4) is 0 Å². The number of piperazine rings is 1. The number of hydrogen-bond donors (Lipinski definition) is 0. The van der Waals surface area contributed by atoms with Crippen molar-refractivity contribution in [1.82, 2.24) is 14.4 Å². The minimum absolute atomic E-state index is 0.0837. The molecule has 6 heteroatoms. The molecule has 1 aromatic heterocycles. The quantitative estimate of drug-likeness (QED) is 0.614. The van der Waals surface area contributed by atoms with Gasteiger partial charge in [-0.05, 0) is 38.2 Å². The summed E-state index contributed by atoms with van der Waals surface area (Å²) >= 11 is 0. The van der Waals surface area contributed by atoms with E-state index < -0.39 is 0 Å². The number of likely N-dealkylation sites (N-methyl/N-ethyl adjacent to an activating group) is 1. The van der Waals surface area contributed by atoms with Crippen LogP contribution in [0, 0.1) is 0 Å². The second-order valence-corrected chi connectivity index (χ2v) is 8.33. The third kappa shape index (κ3) is 3.80. The van der Waals surface area contributed by atoms with Crippen LogP contribution in [0.15, 0.2) is 71.5 Å². The molecule has 0 aliphatic carbocycles. The molecule has 1 amide bonds. The van der Waals surface area contributed by atoms with Crippen LogP contribution in [-0.2, 0) is 11.5 Å². The van der Waals surface area contributed by atoms with Crippen molar-refractivity contribution in [1.29, 1.82) is 0 Å². The van der Waals surface area contributed by atoms with Crippen LogP contribution < -0.4 is 5.01 Å². The van der Waals surface area contributed by atoms with Crippen LogP contribution in [0.2, 0.25) is 0 Å². The van der Waals surface area contributed by atoms with E-state index in [9.17, 15) is 4.79 Å². The predicted molar refractivity (Wildman–Crippen MR) is 126 cm³/mol. The zero-order valence-electron chi connectivity index (χ0n) is 18.0. The van der Waals surface area contributed by atoms with E-state index in [-0.39, 0.29) is 5.91 Å². The molecule has 0 N–H and O–H groups in total. The van der Waals surface area contributed by atoms with E-state index in [4.69, 9.17) is 0 Å². The minimum Gasteiger partial charge on any atom is -0.333 e. The summed E-state index contributed by atoms with van der Waals surface area (Å²) in [6, 6.07) is 18.0. The molecule has 2 aliphatic rings. The first-order chi connectivity index (χ1) is 15.1. The maximum atomic E-state index is 13.1. The lowest BCUT2D eigenvalue weighted by Gasteiger charge is -2.32. The number of carbonyl (C=O) groups excluding carboxylic acids is 1. The second kappa shape index (κ2) is 8.13. The Morgan fingerprint density at radius 3 is 2.45 bits per heavy atom. The third-order valence-electron chi connectivity index (χ3n) is 6.13. The smallest absolute Gasteiger partial charge is 0.280 e. The van der Waals surface area contributed by atoms with Crippen LogP contribution in [0.25, 0.3) is 17.0 Å². The van der Waals surface area contributed by atoms with Gasteiger partial charge in [0.05, 0.1) is 23.6 Å². The standard InChI is InChI=1S/C25H27N5O/c1-19-23(25(31)30(26-19)21-8-4-3-5-9-21)16-20-17-29(24-11-7-6-10-22(20)24)18-28-14-12-27(2)13-15-28/h3-11,16-17H,12-15,18H2,1-2H3. The summed E-state index contributed by atoms with van der Waals surface area (Å²) in [4.78, 5) is 18.0. The molecule has 0 spiro atoms. The molecule has 1 fully saturated rings. The highest BCUT2D eigenvalue weighted by Gasteiger charge is 2.29. The predicted octanol–water partition coefficient (Wildman–Crippen LogP) is 3.65. The van der Waals surface area contributed by atoms with Crippen molar-refractivity contribution in [3.05, 3.63) is 71.9 Å². The molecule has 0 unspecified atom stereocenters. The SMILES string of the molecule is CC1=NN(c2ccccc2)C(=O)C1=Cc1cn(CN2CCN(C)CC2)c2ccccc12. The van der Waals surface area contributed by atoms with Crippen LogP contribution in [0.4, 0.5) is 5.69 Å². The van der Waals surface area contributed by atoms with E-state index in [1.54, 1.807) is 0 Å². The van der Waals surface area contributed by atoms with E-state index in [2.05, 4.69) is 57.0 Å². The van der Waals surface area contributed by atoms with Gasteiger partial charge >= 0.3 is 0 Å². The van der Waals surface area contributed by atoms with Gasteiger partial charge in [0.1, 0.15) is 0 Å². The second-order valence-electron chi connectivity index (χ2n) is 8.33. The Morgan fingerprint density at radius 2 is 1.68 bits per heavy atom. The van der Waals surface area contributed by atoms with Gasteiger partial charge < -0.3 is 9.47 Å². The number of para-hydroxylation sites is 2. The van der Waals surface area contributed by atoms with Crippen molar-refractivity contribution in [2.75, 3.05) is 38.2 Å². The first kappa shape index (κ1) is 19.7. The fourth-order valence-electron chi connectivity index (χ4n) is 4.30. The van der Waals surface area contributed by atoms with Crippen LogP contribution in [-0.4, -0.2) is 59.2 Å². The molecule has 2 aromatic carbocycles. The third-order valence-corrected chi connectivity index (χ3v) is 6.13. The summed E-state index contributed by atoms with van der Waals surface area (Å²) in [7, 11) is 2.17. The van der Waals surface area contributed by atoms with Crippen molar-refractivity contribution < 1.29 is 4.79 Å². The Kier molecular flexibility index (Phi) is 5.18. The minimum atomic E-state index is -0.0837. The highest BCUT2D eigenvalue weighted by atomic mass is 16.2. The Bertz CT molecular complexity index is 1170. The Balaban J connectivity index is 1.47. The van der Waals surface area contributed by atoms with Gasteiger partial charge in [-0.1, -0.05) is 36.4 Å². The molecule has 1 saturated heterocycles. The first-order valence-corrected chi connectivity index (χ1v) is 10.8. The molecule has 31 heavy (non-hydrogen) atoms. The fraction of sp³-hybridized carbons (Fsp3) is 0.280. The zero-order chi connectivity index (χ0) is 21.4. The highest BCUT2D eigenvalue weighted by Crippen LogP contribution is 2.28. The molecule has 2 aliphatic heterocycles. The number of rotatable bonds is 4. The molecule has 6 nitrogen and oxygen atoms in total. The monoisotopic (exact) mass is 413 g/mol. The maximum absolute atomic E-state index is 13.1. The Labute approximate surface area is 182 Å². The number of amides is 1. The van der Waals surface area contributed by atoms with Gasteiger partial charge in [-0.25, -0.2) is 0 Å². The van der Waals surface area contributed by atoms with E-state index in [0.29, 0.717) is 5.57 Å². The molecule has 158 valence electrons. The lowest BCUT2D eigenvalue weighted by Crippen LogP contribution is -2.44. The van der Waals surface area contributed by atoms with E-state index >= 15 is 0 Å². The lowest BCUT2D eigenvalue weighted by molar-refractivity contribution is -0.114. The first-order valence-electron chi connectivity index (χ1n) is 10.8. The van der Waals surface area contributed by atoms with Crippen LogP contribution in [0.5, 0.6) is 0 Å². The molecule has 0 bridgehead atoms. The van der Waals surface area contributed by atoms with Gasteiger partial charge in [0.2, 0.25) is 0 Å². The highest BCUT2D eigenvalue weighted by molar-refractivity contribution is 6.32. The van der Waals surface area contributed by atoms with Crippen molar-refractivity contribution in [3.63, 3.8) is 0 Å². The average molecular weight is 414 g/mol. The number of benzene rings is 2. The molecule has 5 rings (SSSR count). The molecular formula is C25H27N5O. The lowest BCUT2D eigenvalue weighted by atomic mass is 10.1. The number of carbonyl (C=O) groups is 1. The summed E-state index contributed by atoms with van der Waals surface area (Å²) < 4.78 is 2.30. The summed E-state index contributed by atoms with van der Waals surface area (Å²) in [6.07, 6.45) is 4.16. The summed E-state index contributed by atoms with van der Waals surface area (Å²) in [5.41, 5.74) is 4.41. The molecule has 0 atom stereocenters. The molecule has 0 radical (unpaired) electrons. The maximum Gasteiger partial charge on any atom is 0.280 e. The van der Waals surface area contributed by atoms with Gasteiger partial charge in [0.15, 0.2) is 0 Å². The number of anilines is 1. The number of hydrogen-bond acceptors (Lipinski definition) is 4. The average Bonchev–Trinajstić information content (AvgIpc) is 3.28. The van der Waals surface area contributed by atoms with Gasteiger partial charge in [0, 0.05) is 48.8 Å². The van der Waals surface area contributed by atoms with Crippen LogP contribution >= 0.6 is 0 Å². The molecule has 3 aromatic rings. The molecule has 0 saturated carbocycles. The topological polar surface area (TPSA) is 44.1 Å². The number of aromatic nitrogens is 1. The van der Waals surface area contributed by atoms with E-state index in [1.807, 2.05) is 43.3 Å². The zero-order valence-corrected chi connectivity index (χ0v) is 18.0. The van der Waals surface area contributed by atoms with Crippen molar-refractivity contribution in [2.45, 2.75) is 13.6 Å². The molecular weight excluding hydrogens is 386 g/mol. The van der Waals surface area contributed by atoms with Gasteiger partial charge in [0.25, 0.3) is 5.91 Å². The van der Waals surface area contributed by atoms with Crippen molar-refractivity contribution in [2.24, 2.45) is 5.10 Å². The normalized spacial score (nSPS) is 19.5. The van der Waals surface area contributed by atoms with Gasteiger partial charge in [-0.15, -0.1) is 0 Å². The van der Waals surface area contributed by atoms with Gasteiger partial charge in [-0.2, -0.15) is 10.1 Å². The van der Waals surface area contributed by atoms with Crippen molar-refractivity contribution in [3.8, 4) is 0 Å². The summed E-state index contributed by atoms with van der Waals surface area (Å²) in [5, 5.41) is 7.16. The number of nitrogens with zero attached hydrogens (tertiary/aromatic N) is 5. The number of fused-ring (bicyclic) bond motifs is 1. The van der Waals surface area contributed by atoms with E-state index in [0.717, 1.165) is 55.2 Å². The summed E-state index contributed by atoms with van der Waals surface area (Å²) in [5.74, 6) is -0.0837. The number of hydrazone groups is 1. The van der Waals surface area contributed by atoms with Crippen molar-refractivity contribution >= 4 is 34.3 Å². The van der Waals surface area contributed by atoms with E-state index in [1.165, 1.54) is 10.5 Å².